The number of halogens is 2. The van der Waals surface area contributed by atoms with Crippen LogP contribution in [0.4, 0.5) is 4.39 Å². The Labute approximate surface area is 125 Å². The van der Waals surface area contributed by atoms with Gasteiger partial charge in [0, 0.05) is 5.02 Å². The molecule has 2 aromatic carbocycles. The van der Waals surface area contributed by atoms with Crippen molar-refractivity contribution in [3.05, 3.63) is 70.8 Å². The van der Waals surface area contributed by atoms with Gasteiger partial charge in [-0.1, -0.05) is 23.7 Å². The van der Waals surface area contributed by atoms with Crippen LogP contribution in [0.2, 0.25) is 5.02 Å². The SMILES string of the molecule is NNC(c1cnc2ccccc2n1)c1cc(F)ccc1Cl. The van der Waals surface area contributed by atoms with Crippen LogP contribution in [0.15, 0.2) is 48.7 Å². The largest absolute Gasteiger partial charge is 0.271 e. The fourth-order valence-electron chi connectivity index (χ4n) is 2.18. The predicted molar refractivity (Wildman–Crippen MR) is 80.1 cm³/mol. The summed E-state index contributed by atoms with van der Waals surface area (Å²) in [6.45, 7) is 0. The third kappa shape index (κ3) is 2.71. The van der Waals surface area contributed by atoms with E-state index in [2.05, 4.69) is 15.4 Å². The fourth-order valence-corrected chi connectivity index (χ4v) is 2.41. The molecule has 21 heavy (non-hydrogen) atoms. The van der Waals surface area contributed by atoms with Gasteiger partial charge in [0.05, 0.1) is 29.0 Å². The molecule has 0 radical (unpaired) electrons. The molecular weight excluding hydrogens is 291 g/mol. The highest BCUT2D eigenvalue weighted by Gasteiger charge is 2.18. The molecule has 0 spiro atoms. The van der Waals surface area contributed by atoms with Gasteiger partial charge in [0.1, 0.15) is 5.82 Å². The molecule has 0 amide bonds. The summed E-state index contributed by atoms with van der Waals surface area (Å²) in [5, 5.41) is 0.411. The Bertz CT molecular complexity index is 793. The van der Waals surface area contributed by atoms with Gasteiger partial charge in [-0.2, -0.15) is 0 Å². The quantitative estimate of drug-likeness (QED) is 0.577. The fraction of sp³-hybridized carbons (Fsp3) is 0.0667. The van der Waals surface area contributed by atoms with E-state index in [4.69, 9.17) is 17.4 Å². The minimum absolute atomic E-state index is 0.386. The van der Waals surface area contributed by atoms with Gasteiger partial charge in [-0.25, -0.2) is 14.8 Å². The zero-order chi connectivity index (χ0) is 14.8. The van der Waals surface area contributed by atoms with E-state index >= 15 is 0 Å². The summed E-state index contributed by atoms with van der Waals surface area (Å²) in [5.41, 5.74) is 5.22. The standard InChI is InChI=1S/C15H12ClFN4/c16-11-6-5-9(17)7-10(11)15(21-18)14-8-19-12-3-1-2-4-13(12)20-14/h1-8,15,21H,18H2. The molecule has 1 aromatic heterocycles. The van der Waals surface area contributed by atoms with Crippen LogP contribution in [-0.2, 0) is 0 Å². The Morgan fingerprint density at radius 2 is 1.90 bits per heavy atom. The summed E-state index contributed by atoms with van der Waals surface area (Å²) >= 11 is 6.13. The van der Waals surface area contributed by atoms with E-state index in [0.717, 1.165) is 11.0 Å². The molecule has 0 fully saturated rings. The number of hydrogen-bond acceptors (Lipinski definition) is 4. The first-order chi connectivity index (χ1) is 10.2. The number of nitrogens with one attached hydrogen (secondary N) is 1. The van der Waals surface area contributed by atoms with Gasteiger partial charge < -0.3 is 0 Å². The van der Waals surface area contributed by atoms with Gasteiger partial charge >= 0.3 is 0 Å². The summed E-state index contributed by atoms with van der Waals surface area (Å²) in [6.07, 6.45) is 1.61. The van der Waals surface area contributed by atoms with Crippen molar-refractivity contribution in [2.45, 2.75) is 6.04 Å². The third-order valence-electron chi connectivity index (χ3n) is 3.20. The second kappa shape index (κ2) is 5.73. The minimum Gasteiger partial charge on any atom is -0.271 e. The van der Waals surface area contributed by atoms with Crippen molar-refractivity contribution in [2.75, 3.05) is 0 Å². The molecular formula is C15H12ClFN4. The van der Waals surface area contributed by atoms with Crippen LogP contribution >= 0.6 is 11.6 Å². The molecule has 0 aliphatic heterocycles. The van der Waals surface area contributed by atoms with Crippen molar-refractivity contribution < 1.29 is 4.39 Å². The zero-order valence-corrected chi connectivity index (χ0v) is 11.7. The number of benzene rings is 2. The Morgan fingerprint density at radius 3 is 2.67 bits per heavy atom. The molecule has 3 aromatic rings. The van der Waals surface area contributed by atoms with E-state index in [0.29, 0.717) is 16.3 Å². The number of fused-ring (bicyclic) bond motifs is 1. The summed E-state index contributed by atoms with van der Waals surface area (Å²) in [7, 11) is 0. The zero-order valence-electron chi connectivity index (χ0n) is 10.9. The van der Waals surface area contributed by atoms with Crippen molar-refractivity contribution in [2.24, 2.45) is 5.84 Å². The molecule has 1 atom stereocenters. The third-order valence-corrected chi connectivity index (χ3v) is 3.54. The number of nitrogens with zero attached hydrogens (tertiary/aromatic N) is 2. The maximum Gasteiger partial charge on any atom is 0.123 e. The Morgan fingerprint density at radius 1 is 1.14 bits per heavy atom. The number of rotatable bonds is 3. The summed E-state index contributed by atoms with van der Waals surface area (Å²) < 4.78 is 13.4. The summed E-state index contributed by atoms with van der Waals surface area (Å²) in [5.74, 6) is 5.22. The lowest BCUT2D eigenvalue weighted by molar-refractivity contribution is 0.598. The Kier molecular flexibility index (Phi) is 3.79. The lowest BCUT2D eigenvalue weighted by atomic mass is 10.0. The monoisotopic (exact) mass is 302 g/mol. The van der Waals surface area contributed by atoms with Gasteiger partial charge in [-0.15, -0.1) is 0 Å². The van der Waals surface area contributed by atoms with Crippen LogP contribution in [-0.4, -0.2) is 9.97 Å². The van der Waals surface area contributed by atoms with Crippen molar-refractivity contribution in [1.82, 2.24) is 15.4 Å². The number of para-hydroxylation sites is 2. The lowest BCUT2D eigenvalue weighted by Gasteiger charge is -2.17. The molecule has 0 saturated carbocycles. The smallest absolute Gasteiger partial charge is 0.123 e. The van der Waals surface area contributed by atoms with Crippen molar-refractivity contribution >= 4 is 22.6 Å². The first kappa shape index (κ1) is 13.9. The van der Waals surface area contributed by atoms with Crippen LogP contribution in [0, 0.1) is 5.82 Å². The highest BCUT2D eigenvalue weighted by atomic mass is 35.5. The van der Waals surface area contributed by atoms with Crippen LogP contribution in [0.3, 0.4) is 0 Å². The minimum atomic E-state index is -0.537. The second-order valence-electron chi connectivity index (χ2n) is 4.55. The summed E-state index contributed by atoms with van der Waals surface area (Å²) in [6, 6.07) is 11.1. The topological polar surface area (TPSA) is 63.8 Å². The van der Waals surface area contributed by atoms with Crippen LogP contribution < -0.4 is 11.3 Å². The number of aromatic nitrogens is 2. The van der Waals surface area contributed by atoms with Gasteiger partial charge in [0.2, 0.25) is 0 Å². The molecule has 0 saturated heterocycles. The van der Waals surface area contributed by atoms with Crippen LogP contribution in [0.25, 0.3) is 11.0 Å². The summed E-state index contributed by atoms with van der Waals surface area (Å²) in [4.78, 5) is 8.84. The Hall–Kier alpha value is -2.08. The molecule has 3 rings (SSSR count). The van der Waals surface area contributed by atoms with E-state index in [1.807, 2.05) is 24.3 Å². The highest BCUT2D eigenvalue weighted by molar-refractivity contribution is 6.31. The van der Waals surface area contributed by atoms with Crippen LogP contribution in [0.1, 0.15) is 17.3 Å². The average Bonchev–Trinajstić information content (AvgIpc) is 2.51. The number of hydrogen-bond donors (Lipinski definition) is 2. The van der Waals surface area contributed by atoms with Gasteiger partial charge in [-0.05, 0) is 35.9 Å². The van der Waals surface area contributed by atoms with Gasteiger partial charge in [0.15, 0.2) is 0 Å². The Balaban J connectivity index is 2.11. The molecule has 1 unspecified atom stereocenters. The number of nitrogens with two attached hydrogens (primary N) is 1. The van der Waals surface area contributed by atoms with Crippen molar-refractivity contribution in [3.63, 3.8) is 0 Å². The highest BCUT2D eigenvalue weighted by Crippen LogP contribution is 2.28. The molecule has 4 nitrogen and oxygen atoms in total. The van der Waals surface area contributed by atoms with Gasteiger partial charge in [-0.3, -0.25) is 10.8 Å². The number of hydrazine groups is 1. The molecule has 0 aliphatic carbocycles. The average molecular weight is 303 g/mol. The molecule has 6 heteroatoms. The normalized spacial score (nSPS) is 12.5. The first-order valence-electron chi connectivity index (χ1n) is 6.32. The lowest BCUT2D eigenvalue weighted by Crippen LogP contribution is -2.30. The van der Waals surface area contributed by atoms with E-state index in [1.165, 1.54) is 18.2 Å². The molecule has 1 heterocycles. The van der Waals surface area contributed by atoms with Crippen LogP contribution in [0.5, 0.6) is 0 Å². The first-order valence-corrected chi connectivity index (χ1v) is 6.69. The molecule has 0 bridgehead atoms. The molecule has 3 N–H and O–H groups in total. The van der Waals surface area contributed by atoms with Crippen molar-refractivity contribution in [3.8, 4) is 0 Å². The van der Waals surface area contributed by atoms with E-state index in [-0.39, 0.29) is 5.82 Å². The predicted octanol–water partition coefficient (Wildman–Crippen LogP) is 2.98. The van der Waals surface area contributed by atoms with Gasteiger partial charge in [0.25, 0.3) is 0 Å². The van der Waals surface area contributed by atoms with E-state index in [1.54, 1.807) is 6.20 Å². The van der Waals surface area contributed by atoms with Crippen molar-refractivity contribution in [1.29, 1.82) is 0 Å². The van der Waals surface area contributed by atoms with E-state index in [9.17, 15) is 4.39 Å². The van der Waals surface area contributed by atoms with E-state index < -0.39 is 6.04 Å². The maximum absolute atomic E-state index is 13.4. The maximum atomic E-state index is 13.4. The molecule has 0 aliphatic rings. The second-order valence-corrected chi connectivity index (χ2v) is 4.96. The molecule has 106 valence electrons.